The van der Waals surface area contributed by atoms with Gasteiger partial charge in [-0.3, -0.25) is 9.89 Å². The summed E-state index contributed by atoms with van der Waals surface area (Å²) in [5, 5.41) is 10.3. The van der Waals surface area contributed by atoms with Crippen LogP contribution in [0.25, 0.3) is 0 Å². The van der Waals surface area contributed by atoms with Crippen molar-refractivity contribution < 1.29 is 9.18 Å². The molecule has 0 saturated heterocycles. The average molecular weight is 322 g/mol. The molecule has 0 saturated carbocycles. The van der Waals surface area contributed by atoms with Gasteiger partial charge in [0.15, 0.2) is 0 Å². The number of hydrogen-bond donors (Lipinski definition) is 2. The first kappa shape index (κ1) is 16.5. The van der Waals surface area contributed by atoms with Gasteiger partial charge in [-0.2, -0.15) is 0 Å². The summed E-state index contributed by atoms with van der Waals surface area (Å²) in [4.78, 5) is 16.0. The van der Waals surface area contributed by atoms with Crippen molar-refractivity contribution in [2.75, 3.05) is 12.3 Å². The summed E-state index contributed by atoms with van der Waals surface area (Å²) >= 11 is 1.31. The Morgan fingerprint density at radius 1 is 1.32 bits per heavy atom. The van der Waals surface area contributed by atoms with E-state index in [-0.39, 0.29) is 17.5 Å². The van der Waals surface area contributed by atoms with E-state index in [9.17, 15) is 9.18 Å². The molecule has 1 aromatic heterocycles. The summed E-state index contributed by atoms with van der Waals surface area (Å²) in [6.07, 6.45) is 2.54. The number of hydrogen-bond acceptors (Lipinski definition) is 4. The van der Waals surface area contributed by atoms with Crippen LogP contribution in [0.3, 0.4) is 0 Å². The van der Waals surface area contributed by atoms with Crippen LogP contribution < -0.4 is 5.32 Å². The van der Waals surface area contributed by atoms with Gasteiger partial charge in [0, 0.05) is 13.0 Å². The van der Waals surface area contributed by atoms with E-state index in [1.165, 1.54) is 23.9 Å². The minimum atomic E-state index is -0.252. The lowest BCUT2D eigenvalue weighted by Gasteiger charge is -2.04. The van der Waals surface area contributed by atoms with Crippen LogP contribution in [0.15, 0.2) is 29.4 Å². The molecule has 1 heterocycles. The lowest BCUT2D eigenvalue weighted by molar-refractivity contribution is -0.118. The summed E-state index contributed by atoms with van der Waals surface area (Å²) < 4.78 is 12.8. The summed E-state index contributed by atoms with van der Waals surface area (Å²) in [6.45, 7) is 2.60. The predicted molar refractivity (Wildman–Crippen MR) is 84.2 cm³/mol. The van der Waals surface area contributed by atoms with E-state index in [0.717, 1.165) is 24.2 Å². The quantitative estimate of drug-likeness (QED) is 0.732. The molecule has 1 amide bonds. The molecule has 7 heteroatoms. The van der Waals surface area contributed by atoms with Crippen LogP contribution in [0, 0.1) is 5.82 Å². The van der Waals surface area contributed by atoms with E-state index >= 15 is 0 Å². The lowest BCUT2D eigenvalue weighted by atomic mass is 10.1. The van der Waals surface area contributed by atoms with Gasteiger partial charge in [0.25, 0.3) is 0 Å². The van der Waals surface area contributed by atoms with Crippen molar-refractivity contribution in [2.45, 2.75) is 31.3 Å². The van der Waals surface area contributed by atoms with E-state index in [4.69, 9.17) is 0 Å². The number of carbonyl (C=O) groups is 1. The molecule has 2 rings (SSSR count). The van der Waals surface area contributed by atoms with Crippen LogP contribution in [0.2, 0.25) is 0 Å². The second kappa shape index (κ2) is 8.53. The van der Waals surface area contributed by atoms with Crippen LogP contribution in [0.1, 0.15) is 24.7 Å². The molecule has 0 unspecified atom stereocenters. The normalized spacial score (nSPS) is 10.6. The van der Waals surface area contributed by atoms with Gasteiger partial charge in [-0.1, -0.05) is 30.8 Å². The number of halogens is 1. The fourth-order valence-electron chi connectivity index (χ4n) is 1.87. The third-order valence-corrected chi connectivity index (χ3v) is 3.83. The first-order chi connectivity index (χ1) is 10.7. The highest BCUT2D eigenvalue weighted by Crippen LogP contribution is 2.12. The zero-order valence-electron chi connectivity index (χ0n) is 12.4. The van der Waals surface area contributed by atoms with E-state index < -0.39 is 0 Å². The molecule has 118 valence electrons. The largest absolute Gasteiger partial charge is 0.355 e. The molecule has 0 spiro atoms. The molecule has 5 nitrogen and oxygen atoms in total. The maximum absolute atomic E-state index is 12.8. The van der Waals surface area contributed by atoms with Crippen LogP contribution in [0.5, 0.6) is 0 Å². The van der Waals surface area contributed by atoms with E-state index in [1.54, 1.807) is 12.1 Å². The lowest BCUT2D eigenvalue weighted by Crippen LogP contribution is -2.27. The number of aromatic nitrogens is 3. The van der Waals surface area contributed by atoms with Gasteiger partial charge in [0.05, 0.1) is 5.75 Å². The molecular formula is C15H19FN4OS. The number of amides is 1. The van der Waals surface area contributed by atoms with Gasteiger partial charge >= 0.3 is 0 Å². The Hall–Kier alpha value is -1.89. The minimum Gasteiger partial charge on any atom is -0.355 e. The number of thioether (sulfide) groups is 1. The van der Waals surface area contributed by atoms with Crippen LogP contribution in [-0.2, 0) is 17.6 Å². The van der Waals surface area contributed by atoms with Crippen molar-refractivity contribution >= 4 is 17.7 Å². The number of nitrogens with zero attached hydrogens (tertiary/aromatic N) is 2. The number of benzene rings is 1. The average Bonchev–Trinajstić information content (AvgIpc) is 2.95. The summed E-state index contributed by atoms with van der Waals surface area (Å²) in [5.41, 5.74) is 0.993. The van der Waals surface area contributed by atoms with Crippen molar-refractivity contribution in [3.05, 3.63) is 41.5 Å². The van der Waals surface area contributed by atoms with Gasteiger partial charge in [-0.25, -0.2) is 9.37 Å². The number of nitrogens with one attached hydrogen (secondary N) is 2. The number of rotatable bonds is 8. The predicted octanol–water partition coefficient (Wildman–Crippen LogP) is 2.35. The van der Waals surface area contributed by atoms with Gasteiger partial charge in [0.2, 0.25) is 11.1 Å². The molecule has 0 aliphatic carbocycles. The Kier molecular flexibility index (Phi) is 6.39. The Morgan fingerprint density at radius 2 is 2.09 bits per heavy atom. The van der Waals surface area contributed by atoms with Crippen molar-refractivity contribution in [1.29, 1.82) is 0 Å². The van der Waals surface area contributed by atoms with Crippen LogP contribution >= 0.6 is 11.8 Å². The standard InChI is InChI=1S/C15H19FN4OS/c1-2-3-13-18-15(20-19-13)22-10-14(21)17-9-8-11-4-6-12(16)7-5-11/h4-7H,2-3,8-10H2,1H3,(H,17,21)(H,18,19,20). The summed E-state index contributed by atoms with van der Waals surface area (Å²) in [7, 11) is 0. The third kappa shape index (κ3) is 5.48. The van der Waals surface area contributed by atoms with Crippen molar-refractivity contribution in [1.82, 2.24) is 20.5 Å². The second-order valence-electron chi connectivity index (χ2n) is 4.83. The molecular weight excluding hydrogens is 303 g/mol. The fourth-order valence-corrected chi connectivity index (χ4v) is 2.52. The van der Waals surface area contributed by atoms with Gasteiger partial charge < -0.3 is 5.32 Å². The first-order valence-electron chi connectivity index (χ1n) is 7.22. The highest BCUT2D eigenvalue weighted by molar-refractivity contribution is 7.99. The molecule has 22 heavy (non-hydrogen) atoms. The number of aryl methyl sites for hydroxylation is 1. The zero-order valence-corrected chi connectivity index (χ0v) is 13.3. The molecule has 0 bridgehead atoms. The molecule has 0 atom stereocenters. The SMILES string of the molecule is CCCc1nc(SCC(=O)NCCc2ccc(F)cc2)n[nH]1. The maximum Gasteiger partial charge on any atom is 0.230 e. The summed E-state index contributed by atoms with van der Waals surface area (Å²) in [6, 6.07) is 6.28. The van der Waals surface area contributed by atoms with E-state index in [0.29, 0.717) is 18.1 Å². The number of aromatic amines is 1. The van der Waals surface area contributed by atoms with Gasteiger partial charge in [-0.15, -0.1) is 5.10 Å². The first-order valence-corrected chi connectivity index (χ1v) is 8.21. The Morgan fingerprint density at radius 3 is 2.82 bits per heavy atom. The number of carbonyl (C=O) groups excluding carboxylic acids is 1. The van der Waals surface area contributed by atoms with Crippen molar-refractivity contribution in [3.63, 3.8) is 0 Å². The van der Waals surface area contributed by atoms with Crippen LogP contribution in [0.4, 0.5) is 4.39 Å². The van der Waals surface area contributed by atoms with E-state index in [1.807, 2.05) is 0 Å². The van der Waals surface area contributed by atoms with Crippen LogP contribution in [-0.4, -0.2) is 33.4 Å². The highest BCUT2D eigenvalue weighted by Gasteiger charge is 2.07. The molecule has 0 fully saturated rings. The van der Waals surface area contributed by atoms with E-state index in [2.05, 4.69) is 27.4 Å². The molecule has 0 radical (unpaired) electrons. The highest BCUT2D eigenvalue weighted by atomic mass is 32.2. The molecule has 0 aliphatic heterocycles. The zero-order chi connectivity index (χ0) is 15.8. The minimum absolute atomic E-state index is 0.0612. The number of H-pyrrole nitrogens is 1. The van der Waals surface area contributed by atoms with Gasteiger partial charge in [-0.05, 0) is 30.5 Å². The molecule has 2 aromatic rings. The Balaban J connectivity index is 1.66. The topological polar surface area (TPSA) is 70.7 Å². The van der Waals surface area contributed by atoms with Crippen molar-refractivity contribution in [3.8, 4) is 0 Å². The maximum atomic E-state index is 12.8. The summed E-state index contributed by atoms with van der Waals surface area (Å²) in [5.74, 6) is 0.820. The Bertz CT molecular complexity index is 600. The third-order valence-electron chi connectivity index (χ3n) is 2.98. The fraction of sp³-hybridized carbons (Fsp3) is 0.400. The smallest absolute Gasteiger partial charge is 0.230 e. The molecule has 2 N–H and O–H groups in total. The molecule has 0 aliphatic rings. The second-order valence-corrected chi connectivity index (χ2v) is 5.77. The monoisotopic (exact) mass is 322 g/mol. The Labute approximate surface area is 133 Å². The van der Waals surface area contributed by atoms with Crippen molar-refractivity contribution in [2.24, 2.45) is 0 Å². The van der Waals surface area contributed by atoms with Gasteiger partial charge in [0.1, 0.15) is 11.6 Å². The molecule has 1 aromatic carbocycles.